The molecule has 1 aliphatic heterocycles. The molecule has 0 radical (unpaired) electrons. The first-order valence-corrected chi connectivity index (χ1v) is 9.67. The maximum absolute atomic E-state index is 13.6. The number of carbonyl (C=O) groups is 3. The quantitative estimate of drug-likeness (QED) is 0.726. The predicted octanol–water partition coefficient (Wildman–Crippen LogP) is 1.96. The Kier molecular flexibility index (Phi) is 6.76. The van der Waals surface area contributed by atoms with Crippen molar-refractivity contribution in [3.8, 4) is 0 Å². The van der Waals surface area contributed by atoms with Crippen LogP contribution in [0.5, 0.6) is 0 Å². The molecule has 0 bridgehead atoms. The number of likely N-dealkylation sites (tertiary alicyclic amines) is 1. The number of amides is 3. The van der Waals surface area contributed by atoms with Crippen LogP contribution < -0.4 is 10.6 Å². The third kappa shape index (κ3) is 5.00. The van der Waals surface area contributed by atoms with E-state index in [4.69, 9.17) is 0 Å². The Hall–Kier alpha value is -3.29. The summed E-state index contributed by atoms with van der Waals surface area (Å²) in [6.45, 7) is 0.740. The molecule has 3 rings (SSSR count). The lowest BCUT2D eigenvalue weighted by Gasteiger charge is -2.20. The van der Waals surface area contributed by atoms with E-state index in [1.54, 1.807) is 4.90 Å². The molecule has 2 unspecified atom stereocenters. The fourth-order valence-corrected chi connectivity index (χ4v) is 3.47. The molecule has 2 N–H and O–H groups in total. The molecule has 2 atom stereocenters. The molecule has 158 valence electrons. The highest BCUT2D eigenvalue weighted by Gasteiger charge is 2.36. The summed E-state index contributed by atoms with van der Waals surface area (Å²) in [6.07, 6.45) is 0.718. The monoisotopic (exact) mass is 415 g/mol. The van der Waals surface area contributed by atoms with Crippen molar-refractivity contribution in [1.82, 2.24) is 15.5 Å². The molecule has 2 aromatic rings. The van der Waals surface area contributed by atoms with Crippen LogP contribution in [0.2, 0.25) is 0 Å². The Morgan fingerprint density at radius 3 is 2.53 bits per heavy atom. The number of hydrogen-bond donors (Lipinski definition) is 2. The highest BCUT2D eigenvalue weighted by molar-refractivity contribution is 5.93. The van der Waals surface area contributed by atoms with Crippen molar-refractivity contribution in [3.05, 3.63) is 71.3 Å². The van der Waals surface area contributed by atoms with Crippen LogP contribution in [-0.4, -0.2) is 42.8 Å². The van der Waals surface area contributed by atoms with Crippen LogP contribution >= 0.6 is 0 Å². The number of hydrogen-bond acceptors (Lipinski definition) is 3. The van der Waals surface area contributed by atoms with Crippen molar-refractivity contribution in [2.75, 3.05) is 20.1 Å². The third-order valence-corrected chi connectivity index (χ3v) is 5.17. The zero-order valence-electron chi connectivity index (χ0n) is 16.5. The molecule has 6 nitrogen and oxygen atoms in total. The second-order valence-electron chi connectivity index (χ2n) is 7.21. The summed E-state index contributed by atoms with van der Waals surface area (Å²) in [6, 6.07) is 11.5. The minimum absolute atomic E-state index is 0.0405. The standard InChI is InChI=1S/C22H23F2N3O3/c1-25-22(30)20(15-7-8-17(23)18(24)11-15)26-21(29)16-12-19(28)27(13-16)10-9-14-5-3-2-4-6-14/h2-8,11,16,20H,9-10,12-13H2,1H3,(H,25,30)(H,26,29). The van der Waals surface area contributed by atoms with Gasteiger partial charge in [-0.25, -0.2) is 8.78 Å². The van der Waals surface area contributed by atoms with Crippen molar-refractivity contribution >= 4 is 17.7 Å². The van der Waals surface area contributed by atoms with E-state index in [0.29, 0.717) is 13.0 Å². The van der Waals surface area contributed by atoms with Gasteiger partial charge in [0.25, 0.3) is 0 Å². The van der Waals surface area contributed by atoms with Crippen LogP contribution in [0.15, 0.2) is 48.5 Å². The lowest BCUT2D eigenvalue weighted by molar-refractivity contribution is -0.131. The molecule has 2 aromatic carbocycles. The van der Waals surface area contributed by atoms with Gasteiger partial charge in [0, 0.05) is 26.6 Å². The van der Waals surface area contributed by atoms with Gasteiger partial charge >= 0.3 is 0 Å². The van der Waals surface area contributed by atoms with Crippen LogP contribution in [0.4, 0.5) is 8.78 Å². The topological polar surface area (TPSA) is 78.5 Å². The number of likely N-dealkylation sites (N-methyl/N-ethyl adjacent to an activating group) is 1. The number of nitrogens with one attached hydrogen (secondary N) is 2. The normalized spacial score (nSPS) is 17.0. The van der Waals surface area contributed by atoms with Gasteiger partial charge in [0.1, 0.15) is 6.04 Å². The van der Waals surface area contributed by atoms with Gasteiger partial charge in [0.15, 0.2) is 11.6 Å². The van der Waals surface area contributed by atoms with E-state index in [0.717, 1.165) is 17.7 Å². The smallest absolute Gasteiger partial charge is 0.246 e. The number of carbonyl (C=O) groups excluding carboxylic acids is 3. The second-order valence-corrected chi connectivity index (χ2v) is 7.21. The van der Waals surface area contributed by atoms with Crippen LogP contribution in [0, 0.1) is 17.6 Å². The van der Waals surface area contributed by atoms with Crippen molar-refractivity contribution in [2.24, 2.45) is 5.92 Å². The molecule has 8 heteroatoms. The van der Waals surface area contributed by atoms with Crippen LogP contribution in [0.1, 0.15) is 23.6 Å². The van der Waals surface area contributed by atoms with Gasteiger partial charge < -0.3 is 15.5 Å². The Morgan fingerprint density at radius 2 is 1.87 bits per heavy atom. The van der Waals surface area contributed by atoms with Gasteiger partial charge in [-0.3, -0.25) is 14.4 Å². The maximum atomic E-state index is 13.6. The summed E-state index contributed by atoms with van der Waals surface area (Å²) in [5, 5.41) is 4.97. The zero-order valence-corrected chi connectivity index (χ0v) is 16.5. The van der Waals surface area contributed by atoms with Gasteiger partial charge in [-0.1, -0.05) is 36.4 Å². The summed E-state index contributed by atoms with van der Waals surface area (Å²) in [7, 11) is 1.38. The average molecular weight is 415 g/mol. The van der Waals surface area contributed by atoms with Crippen molar-refractivity contribution in [3.63, 3.8) is 0 Å². The fraction of sp³-hybridized carbons (Fsp3) is 0.318. The highest BCUT2D eigenvalue weighted by atomic mass is 19.2. The average Bonchev–Trinajstić information content (AvgIpc) is 3.13. The van der Waals surface area contributed by atoms with E-state index in [1.807, 2.05) is 30.3 Å². The lowest BCUT2D eigenvalue weighted by atomic mass is 10.0. The van der Waals surface area contributed by atoms with Gasteiger partial charge in [-0.05, 0) is 29.7 Å². The second kappa shape index (κ2) is 9.47. The SMILES string of the molecule is CNC(=O)C(NC(=O)C1CC(=O)N(CCc2ccccc2)C1)c1ccc(F)c(F)c1. The third-order valence-electron chi connectivity index (χ3n) is 5.17. The molecule has 30 heavy (non-hydrogen) atoms. The Morgan fingerprint density at radius 1 is 1.13 bits per heavy atom. The van der Waals surface area contributed by atoms with E-state index in [2.05, 4.69) is 10.6 Å². The van der Waals surface area contributed by atoms with Crippen LogP contribution in [-0.2, 0) is 20.8 Å². The van der Waals surface area contributed by atoms with E-state index < -0.39 is 35.4 Å². The minimum Gasteiger partial charge on any atom is -0.357 e. The van der Waals surface area contributed by atoms with Gasteiger partial charge in [0.2, 0.25) is 17.7 Å². The molecule has 3 amide bonds. The number of benzene rings is 2. The fourth-order valence-electron chi connectivity index (χ4n) is 3.47. The van der Waals surface area contributed by atoms with E-state index in [9.17, 15) is 23.2 Å². The molecule has 0 saturated carbocycles. The van der Waals surface area contributed by atoms with Crippen molar-refractivity contribution < 1.29 is 23.2 Å². The maximum Gasteiger partial charge on any atom is 0.246 e. The molecule has 1 heterocycles. The molecule has 1 saturated heterocycles. The first kappa shape index (κ1) is 21.4. The number of nitrogens with zero attached hydrogens (tertiary/aromatic N) is 1. The Labute approximate surface area is 173 Å². The van der Waals surface area contributed by atoms with Crippen molar-refractivity contribution in [1.29, 1.82) is 0 Å². The number of rotatable bonds is 7. The molecule has 1 fully saturated rings. The van der Waals surface area contributed by atoms with Crippen molar-refractivity contribution in [2.45, 2.75) is 18.9 Å². The summed E-state index contributed by atoms with van der Waals surface area (Å²) in [4.78, 5) is 38.9. The summed E-state index contributed by atoms with van der Waals surface area (Å²) in [5.41, 5.74) is 1.21. The van der Waals surface area contributed by atoms with E-state index >= 15 is 0 Å². The van der Waals surface area contributed by atoms with Gasteiger partial charge in [-0.15, -0.1) is 0 Å². The summed E-state index contributed by atoms with van der Waals surface area (Å²) in [5.74, 6) is -3.96. The predicted molar refractivity (Wildman–Crippen MR) is 106 cm³/mol. The van der Waals surface area contributed by atoms with E-state index in [-0.39, 0.29) is 24.4 Å². The molecule has 0 aliphatic carbocycles. The number of halogens is 2. The van der Waals surface area contributed by atoms with Crippen LogP contribution in [0.3, 0.4) is 0 Å². The Balaban J connectivity index is 1.65. The van der Waals surface area contributed by atoms with E-state index in [1.165, 1.54) is 13.1 Å². The largest absolute Gasteiger partial charge is 0.357 e. The first-order valence-electron chi connectivity index (χ1n) is 9.67. The van der Waals surface area contributed by atoms with Gasteiger partial charge in [-0.2, -0.15) is 0 Å². The molecule has 0 aromatic heterocycles. The van der Waals surface area contributed by atoms with Crippen LogP contribution in [0.25, 0.3) is 0 Å². The zero-order chi connectivity index (χ0) is 21.7. The first-order chi connectivity index (χ1) is 14.4. The minimum atomic E-state index is -1.19. The van der Waals surface area contributed by atoms with Gasteiger partial charge in [0.05, 0.1) is 5.92 Å². The Bertz CT molecular complexity index is 936. The lowest BCUT2D eigenvalue weighted by Crippen LogP contribution is -2.42. The summed E-state index contributed by atoms with van der Waals surface area (Å²) < 4.78 is 26.8. The molecule has 0 spiro atoms. The molecular formula is C22H23F2N3O3. The molecule has 1 aliphatic rings. The molecular weight excluding hydrogens is 392 g/mol. The highest BCUT2D eigenvalue weighted by Crippen LogP contribution is 2.22. The summed E-state index contributed by atoms with van der Waals surface area (Å²) >= 11 is 0.